The van der Waals surface area contributed by atoms with E-state index in [1.54, 1.807) is 0 Å². The Morgan fingerprint density at radius 1 is 0.882 bits per heavy atom. The summed E-state index contributed by atoms with van der Waals surface area (Å²) in [6.07, 6.45) is -13.5. The number of carbonyl (C=O) groups excluding carboxylic acids is 2. The van der Waals surface area contributed by atoms with Crippen molar-refractivity contribution in [2.75, 3.05) is 13.2 Å². The number of carboxylic acids is 1. The van der Waals surface area contributed by atoms with Gasteiger partial charge in [0.15, 0.2) is 18.7 Å². The Morgan fingerprint density at radius 2 is 1.44 bits per heavy atom. The summed E-state index contributed by atoms with van der Waals surface area (Å²) in [5.41, 5.74) is 0. The zero-order chi connectivity index (χ0) is 25.7. The summed E-state index contributed by atoms with van der Waals surface area (Å²) in [4.78, 5) is 34.8. The Labute approximate surface area is 194 Å². The van der Waals surface area contributed by atoms with Crippen LogP contribution in [-0.4, -0.2) is 129 Å². The summed E-state index contributed by atoms with van der Waals surface area (Å²) in [5, 5.41) is 64.4. The number of aliphatic hydroxyl groups is 5. The quantitative estimate of drug-likeness (QED) is 0.150. The van der Waals surface area contributed by atoms with Crippen molar-refractivity contribution in [3.05, 3.63) is 0 Å². The third-order valence-corrected chi connectivity index (χ3v) is 5.47. The SMILES string of the molecule is CC(=O)N[C@H]1C(O[C@H]2[C@H](O[C@H](C)C(=O)O)[C@@H](NC(C)=O)C(O)O[C@@H]2CO)O[C@H](CO)[C@@H](O)[C@@H]1O. The Hall–Kier alpha value is -1.95. The van der Waals surface area contributed by atoms with Gasteiger partial charge in [-0.3, -0.25) is 9.59 Å². The van der Waals surface area contributed by atoms with Gasteiger partial charge in [0.05, 0.1) is 13.2 Å². The minimum absolute atomic E-state index is 0.616. The molecule has 2 fully saturated rings. The Bertz CT molecular complexity index is 724. The monoisotopic (exact) mass is 496 g/mol. The lowest BCUT2D eigenvalue weighted by molar-refractivity contribution is -0.333. The molecule has 2 unspecified atom stereocenters. The molecule has 0 aromatic carbocycles. The van der Waals surface area contributed by atoms with Crippen molar-refractivity contribution in [3.63, 3.8) is 0 Å². The van der Waals surface area contributed by atoms with Crippen molar-refractivity contribution in [1.29, 1.82) is 0 Å². The van der Waals surface area contributed by atoms with E-state index >= 15 is 0 Å². The number of nitrogens with one attached hydrogen (secondary N) is 2. The average molecular weight is 496 g/mol. The van der Waals surface area contributed by atoms with Crippen molar-refractivity contribution in [2.24, 2.45) is 0 Å². The van der Waals surface area contributed by atoms with Gasteiger partial charge in [-0.05, 0) is 6.92 Å². The molecule has 0 aromatic heterocycles. The lowest BCUT2D eigenvalue weighted by atomic mass is 9.94. The summed E-state index contributed by atoms with van der Waals surface area (Å²) >= 11 is 0. The van der Waals surface area contributed by atoms with Gasteiger partial charge in [0.25, 0.3) is 0 Å². The molecule has 0 radical (unpaired) electrons. The normalized spacial score (nSPS) is 39.2. The van der Waals surface area contributed by atoms with Crippen LogP contribution in [0.4, 0.5) is 0 Å². The second-order valence-electron chi connectivity index (χ2n) is 8.09. The van der Waals surface area contributed by atoms with Gasteiger partial charge < -0.3 is 60.2 Å². The maximum atomic E-state index is 11.7. The molecular formula is C19H32N2O13. The molecule has 0 saturated carbocycles. The van der Waals surface area contributed by atoms with Crippen LogP contribution in [0.2, 0.25) is 0 Å². The highest BCUT2D eigenvalue weighted by Gasteiger charge is 2.52. The van der Waals surface area contributed by atoms with E-state index in [1.807, 2.05) is 0 Å². The number of carbonyl (C=O) groups is 3. The maximum absolute atomic E-state index is 11.7. The topological polar surface area (TPSA) is 234 Å². The predicted molar refractivity (Wildman–Crippen MR) is 108 cm³/mol. The van der Waals surface area contributed by atoms with Gasteiger partial charge in [0.2, 0.25) is 11.8 Å². The van der Waals surface area contributed by atoms with Crippen LogP contribution in [0, 0.1) is 0 Å². The van der Waals surface area contributed by atoms with Crippen LogP contribution < -0.4 is 10.6 Å². The molecule has 0 aliphatic carbocycles. The van der Waals surface area contributed by atoms with Crippen LogP contribution in [-0.2, 0) is 33.3 Å². The van der Waals surface area contributed by atoms with Crippen molar-refractivity contribution >= 4 is 17.8 Å². The standard InChI is InChI=1S/C19H32N2O13/c1-6(17(28)29)31-16-12(21-8(3)25)18(30)32-10(5-23)15(16)34-19-11(20-7(2)24)14(27)13(26)9(4-22)33-19/h6,9-16,18-19,22-23,26-27,30H,4-5H2,1-3H3,(H,20,24)(H,21,25)(H,28,29)/t6-,9-,10-,11-,12-,13-,14-,15-,16-,18?,19?/m1/s1. The molecule has 2 rings (SSSR count). The van der Waals surface area contributed by atoms with Crippen molar-refractivity contribution in [3.8, 4) is 0 Å². The highest BCUT2D eigenvalue weighted by atomic mass is 16.7. The number of hydrogen-bond acceptors (Lipinski definition) is 12. The average Bonchev–Trinajstić information content (AvgIpc) is 2.76. The van der Waals surface area contributed by atoms with E-state index in [4.69, 9.17) is 18.9 Å². The lowest BCUT2D eigenvalue weighted by Crippen LogP contribution is -2.69. The van der Waals surface area contributed by atoms with Crippen molar-refractivity contribution in [2.45, 2.75) is 88.2 Å². The highest BCUT2D eigenvalue weighted by molar-refractivity contribution is 5.74. The van der Waals surface area contributed by atoms with E-state index in [2.05, 4.69) is 10.6 Å². The largest absolute Gasteiger partial charge is 0.479 e. The first-order chi connectivity index (χ1) is 15.9. The summed E-state index contributed by atoms with van der Waals surface area (Å²) in [6, 6.07) is -2.71. The molecule has 15 nitrogen and oxygen atoms in total. The minimum atomic E-state index is -1.72. The van der Waals surface area contributed by atoms with Gasteiger partial charge in [-0.2, -0.15) is 0 Å². The summed E-state index contributed by atoms with van der Waals surface area (Å²) < 4.78 is 22.3. The molecule has 34 heavy (non-hydrogen) atoms. The van der Waals surface area contributed by atoms with Gasteiger partial charge in [-0.25, -0.2) is 4.79 Å². The summed E-state index contributed by atoms with van der Waals surface area (Å²) in [6.45, 7) is 2.00. The number of ether oxygens (including phenoxy) is 4. The highest BCUT2D eigenvalue weighted by Crippen LogP contribution is 2.30. The Morgan fingerprint density at radius 3 is 1.94 bits per heavy atom. The van der Waals surface area contributed by atoms with Crippen LogP contribution in [0.25, 0.3) is 0 Å². The fourth-order valence-electron chi connectivity index (χ4n) is 3.82. The third-order valence-electron chi connectivity index (χ3n) is 5.47. The van der Waals surface area contributed by atoms with E-state index in [0.717, 1.165) is 13.8 Å². The van der Waals surface area contributed by atoms with E-state index in [-0.39, 0.29) is 0 Å². The van der Waals surface area contributed by atoms with Gasteiger partial charge in [-0.1, -0.05) is 0 Å². The fourth-order valence-corrected chi connectivity index (χ4v) is 3.82. The molecule has 15 heteroatoms. The predicted octanol–water partition coefficient (Wildman–Crippen LogP) is -4.61. The zero-order valence-electron chi connectivity index (χ0n) is 18.8. The minimum Gasteiger partial charge on any atom is -0.479 e. The first kappa shape index (κ1) is 28.3. The van der Waals surface area contributed by atoms with E-state index < -0.39 is 98.4 Å². The molecule has 2 saturated heterocycles. The molecule has 2 aliphatic heterocycles. The van der Waals surface area contributed by atoms with Gasteiger partial charge >= 0.3 is 5.97 Å². The molecule has 8 N–H and O–H groups in total. The number of carboxylic acid groups (broad SMARTS) is 1. The molecule has 11 atom stereocenters. The smallest absolute Gasteiger partial charge is 0.332 e. The van der Waals surface area contributed by atoms with E-state index in [0.29, 0.717) is 0 Å². The lowest BCUT2D eigenvalue weighted by Gasteiger charge is -2.48. The molecule has 2 aliphatic rings. The van der Waals surface area contributed by atoms with Gasteiger partial charge in [-0.15, -0.1) is 0 Å². The van der Waals surface area contributed by atoms with Crippen LogP contribution in [0.5, 0.6) is 0 Å². The number of rotatable bonds is 9. The second kappa shape index (κ2) is 12.1. The van der Waals surface area contributed by atoms with Crippen LogP contribution in [0.3, 0.4) is 0 Å². The second-order valence-corrected chi connectivity index (χ2v) is 8.09. The number of amides is 2. The van der Waals surface area contributed by atoms with E-state index in [1.165, 1.54) is 6.92 Å². The number of hydrogen-bond donors (Lipinski definition) is 8. The van der Waals surface area contributed by atoms with Crippen molar-refractivity contribution < 1.29 is 64.0 Å². The molecule has 196 valence electrons. The number of aliphatic hydroxyl groups excluding tert-OH is 5. The van der Waals surface area contributed by atoms with Crippen LogP contribution >= 0.6 is 0 Å². The van der Waals surface area contributed by atoms with E-state index in [9.17, 15) is 45.0 Å². The molecule has 0 bridgehead atoms. The molecule has 0 spiro atoms. The molecule has 0 aromatic rings. The molecule has 2 heterocycles. The first-order valence-corrected chi connectivity index (χ1v) is 10.6. The van der Waals surface area contributed by atoms with Crippen molar-refractivity contribution in [1.82, 2.24) is 10.6 Å². The molecular weight excluding hydrogens is 464 g/mol. The zero-order valence-corrected chi connectivity index (χ0v) is 18.8. The van der Waals surface area contributed by atoms with Crippen LogP contribution in [0.1, 0.15) is 20.8 Å². The maximum Gasteiger partial charge on any atom is 0.332 e. The van der Waals surface area contributed by atoms with Gasteiger partial charge in [0.1, 0.15) is 48.7 Å². The molecule has 2 amide bonds. The third kappa shape index (κ3) is 6.59. The summed E-state index contributed by atoms with van der Waals surface area (Å²) in [7, 11) is 0. The Kier molecular flexibility index (Phi) is 10.1. The summed E-state index contributed by atoms with van der Waals surface area (Å²) in [5.74, 6) is -2.60. The van der Waals surface area contributed by atoms with Gasteiger partial charge in [0, 0.05) is 13.8 Å². The van der Waals surface area contributed by atoms with Crippen LogP contribution in [0.15, 0.2) is 0 Å². The first-order valence-electron chi connectivity index (χ1n) is 10.6. The number of aliphatic carboxylic acids is 1. The fraction of sp³-hybridized carbons (Fsp3) is 0.842. The Balaban J connectivity index is 2.44.